The number of benzene rings is 1. The molecule has 0 saturated heterocycles. The normalized spacial score (nSPS) is 12.7. The largest absolute Gasteiger partial charge is 0.165 e. The third-order valence-corrected chi connectivity index (χ3v) is 3.79. The molecule has 0 amide bonds. The van der Waals surface area contributed by atoms with Gasteiger partial charge in [-0.15, -0.1) is 11.6 Å². The van der Waals surface area contributed by atoms with E-state index in [-0.39, 0.29) is 0 Å². The van der Waals surface area contributed by atoms with Gasteiger partial charge in [-0.2, -0.15) is 11.8 Å². The van der Waals surface area contributed by atoms with E-state index in [1.54, 1.807) is 0 Å². The average molecular weight is 243 g/mol. The Labute approximate surface area is 102 Å². The Balaban J connectivity index is 2.61. The molecule has 1 unspecified atom stereocenters. The van der Waals surface area contributed by atoms with Gasteiger partial charge in [-0.1, -0.05) is 24.3 Å². The van der Waals surface area contributed by atoms with E-state index < -0.39 is 0 Å². The van der Waals surface area contributed by atoms with Gasteiger partial charge in [-0.05, 0) is 48.8 Å². The Morgan fingerprint density at radius 2 is 2.07 bits per heavy atom. The smallest absolute Gasteiger partial charge is 0.0292 e. The number of hydrogen-bond donors (Lipinski definition) is 0. The Kier molecular flexibility index (Phi) is 6.19. The lowest BCUT2D eigenvalue weighted by molar-refractivity contribution is 0.671. The Morgan fingerprint density at radius 3 is 2.67 bits per heavy atom. The summed E-state index contributed by atoms with van der Waals surface area (Å²) in [6.07, 6.45) is 4.62. The van der Waals surface area contributed by atoms with Crippen LogP contribution in [0.15, 0.2) is 24.3 Å². The van der Waals surface area contributed by atoms with Gasteiger partial charge in [0.2, 0.25) is 0 Å². The number of alkyl halides is 1. The fourth-order valence-corrected chi connectivity index (χ4v) is 2.61. The lowest BCUT2D eigenvalue weighted by Crippen LogP contribution is -2.03. The lowest BCUT2D eigenvalue weighted by Gasteiger charge is -2.16. The fraction of sp³-hybridized carbons (Fsp3) is 0.538. The van der Waals surface area contributed by atoms with E-state index in [0.29, 0.717) is 5.92 Å². The van der Waals surface area contributed by atoms with Crippen molar-refractivity contribution >= 4 is 23.4 Å². The van der Waals surface area contributed by atoms with Crippen molar-refractivity contribution in [2.75, 3.05) is 17.9 Å². The summed E-state index contributed by atoms with van der Waals surface area (Å²) in [5.41, 5.74) is 2.79. The molecule has 0 aromatic heterocycles. The van der Waals surface area contributed by atoms with Crippen LogP contribution < -0.4 is 0 Å². The van der Waals surface area contributed by atoms with Gasteiger partial charge in [-0.25, -0.2) is 0 Å². The van der Waals surface area contributed by atoms with Gasteiger partial charge in [0, 0.05) is 5.88 Å². The van der Waals surface area contributed by atoms with Crippen LogP contribution >= 0.6 is 23.4 Å². The Bertz CT molecular complexity index is 286. The van der Waals surface area contributed by atoms with Crippen molar-refractivity contribution < 1.29 is 0 Å². The maximum Gasteiger partial charge on any atom is 0.0292 e. The summed E-state index contributed by atoms with van der Waals surface area (Å²) in [6, 6.07) is 8.58. The number of halogens is 1. The quantitative estimate of drug-likeness (QED) is 0.524. The van der Waals surface area contributed by atoms with Crippen LogP contribution in [0.2, 0.25) is 0 Å². The highest BCUT2D eigenvalue weighted by molar-refractivity contribution is 7.98. The van der Waals surface area contributed by atoms with Crippen LogP contribution in [-0.2, 0) is 0 Å². The molecule has 1 aromatic carbocycles. The topological polar surface area (TPSA) is 0 Å². The van der Waals surface area contributed by atoms with Crippen molar-refractivity contribution in [1.82, 2.24) is 0 Å². The maximum atomic E-state index is 6.05. The van der Waals surface area contributed by atoms with Crippen LogP contribution in [0.1, 0.15) is 29.9 Å². The number of thioether (sulfide) groups is 1. The number of aryl methyl sites for hydroxylation is 1. The second kappa shape index (κ2) is 7.19. The van der Waals surface area contributed by atoms with Crippen molar-refractivity contribution in [3.8, 4) is 0 Å². The minimum Gasteiger partial charge on any atom is -0.165 e. The first-order chi connectivity index (χ1) is 7.29. The maximum absolute atomic E-state index is 6.05. The average Bonchev–Trinajstić information content (AvgIpc) is 2.26. The molecular formula is C13H19ClS. The highest BCUT2D eigenvalue weighted by Gasteiger charge is 2.11. The Morgan fingerprint density at radius 1 is 1.33 bits per heavy atom. The van der Waals surface area contributed by atoms with Crippen LogP contribution in [0.25, 0.3) is 0 Å². The fourth-order valence-electron chi connectivity index (χ4n) is 1.83. The minimum absolute atomic E-state index is 0.528. The molecule has 0 bridgehead atoms. The van der Waals surface area contributed by atoms with Crippen LogP contribution in [0, 0.1) is 6.92 Å². The minimum atomic E-state index is 0.528. The van der Waals surface area contributed by atoms with E-state index >= 15 is 0 Å². The molecule has 0 radical (unpaired) electrons. The summed E-state index contributed by atoms with van der Waals surface area (Å²) in [5.74, 6) is 2.50. The molecule has 15 heavy (non-hydrogen) atoms. The van der Waals surface area contributed by atoms with Crippen LogP contribution in [0.5, 0.6) is 0 Å². The summed E-state index contributed by atoms with van der Waals surface area (Å²) in [7, 11) is 0. The monoisotopic (exact) mass is 242 g/mol. The zero-order valence-corrected chi connectivity index (χ0v) is 11.1. The van der Waals surface area contributed by atoms with E-state index in [2.05, 4.69) is 37.4 Å². The molecule has 1 rings (SSSR count). The second-order valence-electron chi connectivity index (χ2n) is 3.84. The third-order valence-electron chi connectivity index (χ3n) is 2.72. The first-order valence-corrected chi connectivity index (χ1v) is 7.33. The van der Waals surface area contributed by atoms with E-state index in [0.717, 1.165) is 5.88 Å². The molecule has 0 fully saturated rings. The summed E-state index contributed by atoms with van der Waals surface area (Å²) in [5, 5.41) is 0. The molecule has 0 aliphatic rings. The molecule has 84 valence electrons. The van der Waals surface area contributed by atoms with Gasteiger partial charge in [0.05, 0.1) is 0 Å². The molecule has 2 heteroatoms. The number of rotatable bonds is 6. The predicted octanol–water partition coefficient (Wildman–Crippen LogP) is 4.46. The SMILES string of the molecule is CSCCCC(CCl)c1ccccc1C. The van der Waals surface area contributed by atoms with Crippen molar-refractivity contribution in [3.63, 3.8) is 0 Å². The molecule has 0 heterocycles. The van der Waals surface area contributed by atoms with Gasteiger partial charge in [0.15, 0.2) is 0 Å². The molecule has 1 atom stereocenters. The zero-order valence-electron chi connectivity index (χ0n) is 9.50. The van der Waals surface area contributed by atoms with Gasteiger partial charge >= 0.3 is 0 Å². The zero-order chi connectivity index (χ0) is 11.1. The predicted molar refractivity (Wildman–Crippen MR) is 72.3 cm³/mol. The van der Waals surface area contributed by atoms with Gasteiger partial charge in [0.25, 0.3) is 0 Å². The third kappa shape index (κ3) is 4.08. The van der Waals surface area contributed by atoms with Crippen molar-refractivity contribution in [2.24, 2.45) is 0 Å². The summed E-state index contributed by atoms with van der Waals surface area (Å²) >= 11 is 7.96. The van der Waals surface area contributed by atoms with E-state index in [1.165, 1.54) is 29.7 Å². The first kappa shape index (κ1) is 12.9. The lowest BCUT2D eigenvalue weighted by atomic mass is 9.93. The molecule has 0 aliphatic carbocycles. The molecule has 0 N–H and O–H groups in total. The standard InChI is InChI=1S/C13H19ClS/c1-11-6-3-4-8-13(11)12(10-14)7-5-9-15-2/h3-4,6,8,12H,5,7,9-10H2,1-2H3. The highest BCUT2D eigenvalue weighted by atomic mass is 35.5. The van der Waals surface area contributed by atoms with E-state index in [4.69, 9.17) is 11.6 Å². The molecule has 0 spiro atoms. The van der Waals surface area contributed by atoms with Crippen LogP contribution in [0.4, 0.5) is 0 Å². The van der Waals surface area contributed by atoms with E-state index in [1.807, 2.05) is 11.8 Å². The van der Waals surface area contributed by atoms with Gasteiger partial charge < -0.3 is 0 Å². The molecule has 1 aromatic rings. The van der Waals surface area contributed by atoms with Crippen LogP contribution in [0.3, 0.4) is 0 Å². The molecule has 0 nitrogen and oxygen atoms in total. The first-order valence-electron chi connectivity index (χ1n) is 5.40. The second-order valence-corrected chi connectivity index (χ2v) is 5.14. The number of hydrogen-bond acceptors (Lipinski definition) is 1. The molecular weight excluding hydrogens is 224 g/mol. The van der Waals surface area contributed by atoms with Crippen molar-refractivity contribution in [2.45, 2.75) is 25.7 Å². The Hall–Kier alpha value is -0.140. The molecule has 0 saturated carbocycles. The summed E-state index contributed by atoms with van der Waals surface area (Å²) in [4.78, 5) is 0. The van der Waals surface area contributed by atoms with E-state index in [9.17, 15) is 0 Å². The van der Waals surface area contributed by atoms with Gasteiger partial charge in [0.1, 0.15) is 0 Å². The summed E-state index contributed by atoms with van der Waals surface area (Å²) < 4.78 is 0. The molecule has 0 aliphatic heterocycles. The highest BCUT2D eigenvalue weighted by Crippen LogP contribution is 2.26. The summed E-state index contributed by atoms with van der Waals surface area (Å²) in [6.45, 7) is 2.17. The van der Waals surface area contributed by atoms with Gasteiger partial charge in [-0.3, -0.25) is 0 Å². The van der Waals surface area contributed by atoms with Crippen molar-refractivity contribution in [3.05, 3.63) is 35.4 Å². The van der Waals surface area contributed by atoms with Crippen LogP contribution in [-0.4, -0.2) is 17.9 Å². The van der Waals surface area contributed by atoms with Crippen molar-refractivity contribution in [1.29, 1.82) is 0 Å².